The summed E-state index contributed by atoms with van der Waals surface area (Å²) in [6, 6.07) is 15.0. The normalized spacial score (nSPS) is 15.9. The third-order valence-corrected chi connectivity index (χ3v) is 4.97. The second kappa shape index (κ2) is 8.26. The van der Waals surface area contributed by atoms with Crippen LogP contribution in [-0.4, -0.2) is 49.3 Å². The number of hydrogen-bond donors (Lipinski definition) is 1. The topological polar surface area (TPSA) is 72.9 Å². The van der Waals surface area contributed by atoms with Gasteiger partial charge in [0.25, 0.3) is 0 Å². The van der Waals surface area contributed by atoms with Crippen molar-refractivity contribution in [2.75, 3.05) is 32.6 Å². The lowest BCUT2D eigenvalue weighted by Gasteiger charge is -2.20. The molecule has 1 N–H and O–H groups in total. The van der Waals surface area contributed by atoms with Gasteiger partial charge < -0.3 is 24.4 Å². The number of para-hydroxylation sites is 2. The Morgan fingerprint density at radius 1 is 1.07 bits per heavy atom. The zero-order valence-electron chi connectivity index (χ0n) is 16.4. The number of anilines is 1. The van der Waals surface area contributed by atoms with E-state index in [2.05, 4.69) is 10.3 Å². The van der Waals surface area contributed by atoms with Crippen LogP contribution in [0.5, 0.6) is 17.2 Å². The van der Waals surface area contributed by atoms with E-state index in [0.717, 1.165) is 23.1 Å². The molecule has 0 unspecified atom stereocenters. The van der Waals surface area contributed by atoms with Crippen molar-refractivity contribution >= 4 is 22.6 Å². The minimum absolute atomic E-state index is 0.0828. The van der Waals surface area contributed by atoms with Crippen molar-refractivity contribution in [3.63, 3.8) is 0 Å². The number of carbonyl (C=O) groups is 1. The van der Waals surface area contributed by atoms with Crippen LogP contribution in [0.1, 0.15) is 6.42 Å². The second-order valence-corrected chi connectivity index (χ2v) is 6.78. The number of amides is 2. The molecule has 0 aliphatic carbocycles. The molecule has 0 bridgehead atoms. The minimum atomic E-state index is -0.196. The van der Waals surface area contributed by atoms with Gasteiger partial charge in [-0.2, -0.15) is 0 Å². The van der Waals surface area contributed by atoms with Gasteiger partial charge >= 0.3 is 6.03 Å². The van der Waals surface area contributed by atoms with Crippen LogP contribution in [-0.2, 0) is 0 Å². The van der Waals surface area contributed by atoms with E-state index in [9.17, 15) is 4.79 Å². The number of methoxy groups -OCH3 is 2. The predicted octanol–water partition coefficient (Wildman–Crippen LogP) is 3.94. The quantitative estimate of drug-likeness (QED) is 0.711. The van der Waals surface area contributed by atoms with Crippen molar-refractivity contribution in [3.8, 4) is 17.2 Å². The standard InChI is InChI=1S/C22H23N3O4/c1-27-19-10-4-8-17(21(19)28-2)24-22(26)25-13-11-16(14-25)29-18-9-3-6-15-7-5-12-23-20(15)18/h3-10,12,16H,11,13-14H2,1-2H3,(H,24,26)/t16-/m0/s1. The van der Waals surface area contributed by atoms with E-state index in [1.54, 1.807) is 43.5 Å². The highest BCUT2D eigenvalue weighted by atomic mass is 16.5. The summed E-state index contributed by atoms with van der Waals surface area (Å²) in [5, 5.41) is 3.94. The molecule has 1 aromatic heterocycles. The Balaban J connectivity index is 1.43. The molecule has 1 aliphatic rings. The fraction of sp³-hybridized carbons (Fsp3) is 0.273. The number of benzene rings is 2. The zero-order chi connectivity index (χ0) is 20.2. The van der Waals surface area contributed by atoms with Gasteiger partial charge in [0, 0.05) is 24.5 Å². The monoisotopic (exact) mass is 393 g/mol. The molecule has 4 rings (SSSR count). The maximum Gasteiger partial charge on any atom is 0.322 e. The lowest BCUT2D eigenvalue weighted by atomic mass is 10.2. The summed E-state index contributed by atoms with van der Waals surface area (Å²) in [4.78, 5) is 18.9. The number of urea groups is 1. The molecule has 150 valence electrons. The number of rotatable bonds is 5. The number of ether oxygens (including phenoxy) is 3. The minimum Gasteiger partial charge on any atom is -0.493 e. The zero-order valence-corrected chi connectivity index (χ0v) is 16.4. The Bertz CT molecular complexity index is 1020. The molecule has 2 heterocycles. The summed E-state index contributed by atoms with van der Waals surface area (Å²) < 4.78 is 16.8. The summed E-state index contributed by atoms with van der Waals surface area (Å²) in [6.07, 6.45) is 2.43. The van der Waals surface area contributed by atoms with Crippen molar-refractivity contribution in [2.24, 2.45) is 0 Å². The highest BCUT2D eigenvalue weighted by Gasteiger charge is 2.28. The van der Waals surface area contributed by atoms with E-state index >= 15 is 0 Å². The molecule has 1 atom stereocenters. The first-order valence-electron chi connectivity index (χ1n) is 9.47. The molecule has 2 aromatic carbocycles. The third kappa shape index (κ3) is 3.89. The van der Waals surface area contributed by atoms with Crippen LogP contribution in [0.2, 0.25) is 0 Å². The van der Waals surface area contributed by atoms with Crippen LogP contribution < -0.4 is 19.5 Å². The van der Waals surface area contributed by atoms with Crippen molar-refractivity contribution in [3.05, 3.63) is 54.7 Å². The van der Waals surface area contributed by atoms with E-state index in [1.165, 1.54) is 0 Å². The van der Waals surface area contributed by atoms with Gasteiger partial charge in [-0.3, -0.25) is 4.98 Å². The first-order chi connectivity index (χ1) is 14.2. The predicted molar refractivity (Wildman–Crippen MR) is 111 cm³/mol. The highest BCUT2D eigenvalue weighted by molar-refractivity contribution is 5.92. The molecule has 7 heteroatoms. The van der Waals surface area contributed by atoms with Crippen molar-refractivity contribution < 1.29 is 19.0 Å². The molecular formula is C22H23N3O4. The molecule has 3 aromatic rings. The smallest absolute Gasteiger partial charge is 0.322 e. The maximum absolute atomic E-state index is 12.7. The average Bonchev–Trinajstić information content (AvgIpc) is 3.22. The van der Waals surface area contributed by atoms with Crippen LogP contribution in [0.15, 0.2) is 54.7 Å². The van der Waals surface area contributed by atoms with Gasteiger partial charge in [-0.25, -0.2) is 4.79 Å². The number of aromatic nitrogens is 1. The fourth-order valence-corrected chi connectivity index (χ4v) is 3.54. The van der Waals surface area contributed by atoms with E-state index < -0.39 is 0 Å². The highest BCUT2D eigenvalue weighted by Crippen LogP contribution is 2.35. The number of hydrogen-bond acceptors (Lipinski definition) is 5. The van der Waals surface area contributed by atoms with Crippen molar-refractivity contribution in [1.82, 2.24) is 9.88 Å². The summed E-state index contributed by atoms with van der Waals surface area (Å²) in [6.45, 7) is 1.11. The Hall–Kier alpha value is -3.48. The van der Waals surface area contributed by atoms with Gasteiger partial charge in [0.05, 0.1) is 26.5 Å². The van der Waals surface area contributed by atoms with E-state index in [4.69, 9.17) is 14.2 Å². The largest absolute Gasteiger partial charge is 0.493 e. The van der Waals surface area contributed by atoms with Gasteiger partial charge in [-0.1, -0.05) is 24.3 Å². The van der Waals surface area contributed by atoms with Gasteiger partial charge in [-0.15, -0.1) is 0 Å². The number of nitrogens with one attached hydrogen (secondary N) is 1. The third-order valence-electron chi connectivity index (χ3n) is 4.97. The average molecular weight is 393 g/mol. The van der Waals surface area contributed by atoms with E-state index in [0.29, 0.717) is 30.3 Å². The molecule has 29 heavy (non-hydrogen) atoms. The van der Waals surface area contributed by atoms with E-state index in [-0.39, 0.29) is 12.1 Å². The second-order valence-electron chi connectivity index (χ2n) is 6.78. The summed E-state index contributed by atoms with van der Waals surface area (Å²) in [7, 11) is 3.11. The first kappa shape index (κ1) is 18.9. The Kier molecular flexibility index (Phi) is 5.37. The van der Waals surface area contributed by atoms with Gasteiger partial charge in [0.2, 0.25) is 0 Å². The lowest BCUT2D eigenvalue weighted by molar-refractivity contribution is 0.196. The summed E-state index contributed by atoms with van der Waals surface area (Å²) in [5.41, 5.74) is 1.40. The number of nitrogens with zero attached hydrogens (tertiary/aromatic N) is 2. The number of fused-ring (bicyclic) bond motifs is 1. The molecule has 2 amide bonds. The maximum atomic E-state index is 12.7. The number of likely N-dealkylation sites (tertiary alicyclic amines) is 1. The molecule has 0 saturated carbocycles. The van der Waals surface area contributed by atoms with Crippen molar-refractivity contribution in [2.45, 2.75) is 12.5 Å². The SMILES string of the molecule is COc1cccc(NC(=O)N2CC[C@H](Oc3cccc4cccnc34)C2)c1OC. The molecular weight excluding hydrogens is 370 g/mol. The van der Waals surface area contributed by atoms with Gasteiger partial charge in [0.1, 0.15) is 17.4 Å². The van der Waals surface area contributed by atoms with Crippen LogP contribution in [0.4, 0.5) is 10.5 Å². The van der Waals surface area contributed by atoms with Gasteiger partial charge in [0.15, 0.2) is 11.5 Å². The summed E-state index contributed by atoms with van der Waals surface area (Å²) in [5.74, 6) is 1.80. The molecule has 1 saturated heterocycles. The molecule has 1 aliphatic heterocycles. The Labute approximate surface area is 169 Å². The first-order valence-corrected chi connectivity index (χ1v) is 9.47. The van der Waals surface area contributed by atoms with Crippen LogP contribution >= 0.6 is 0 Å². The lowest BCUT2D eigenvalue weighted by Crippen LogP contribution is -2.34. The molecule has 0 spiro atoms. The Morgan fingerprint density at radius 2 is 1.86 bits per heavy atom. The number of pyridine rings is 1. The molecule has 1 fully saturated rings. The van der Waals surface area contributed by atoms with Crippen LogP contribution in [0.25, 0.3) is 10.9 Å². The van der Waals surface area contributed by atoms with Crippen LogP contribution in [0.3, 0.4) is 0 Å². The van der Waals surface area contributed by atoms with E-state index in [1.807, 2.05) is 30.3 Å². The van der Waals surface area contributed by atoms with Gasteiger partial charge in [-0.05, 0) is 24.3 Å². The van der Waals surface area contributed by atoms with Crippen LogP contribution in [0, 0.1) is 0 Å². The van der Waals surface area contributed by atoms with Crippen molar-refractivity contribution in [1.29, 1.82) is 0 Å². The molecule has 7 nitrogen and oxygen atoms in total. The number of carbonyl (C=O) groups excluding carboxylic acids is 1. The molecule has 0 radical (unpaired) electrons. The Morgan fingerprint density at radius 3 is 2.69 bits per heavy atom. The fourth-order valence-electron chi connectivity index (χ4n) is 3.54. The summed E-state index contributed by atoms with van der Waals surface area (Å²) >= 11 is 0.